The summed E-state index contributed by atoms with van der Waals surface area (Å²) in [4.78, 5) is 11.2. The van der Waals surface area contributed by atoms with Crippen LogP contribution in [0, 0.1) is 0 Å². The topological polar surface area (TPSA) is 37.3 Å². The van der Waals surface area contributed by atoms with Crippen LogP contribution in [-0.2, 0) is 4.79 Å². The average Bonchev–Trinajstić information content (AvgIpc) is 2.34. The maximum Gasteiger partial charge on any atom is 0.335 e. The van der Waals surface area contributed by atoms with Gasteiger partial charge in [0.05, 0.1) is 5.57 Å². The molecule has 1 rings (SSSR count). The second-order valence-electron chi connectivity index (χ2n) is 3.91. The Kier molecular flexibility index (Phi) is 5.21. The van der Waals surface area contributed by atoms with Gasteiger partial charge in [-0.2, -0.15) is 0 Å². The Labute approximate surface area is 102 Å². The van der Waals surface area contributed by atoms with E-state index in [1.54, 1.807) is 6.08 Å². The summed E-state index contributed by atoms with van der Waals surface area (Å²) in [5, 5.41) is 9.18. The van der Waals surface area contributed by atoms with Gasteiger partial charge in [-0.1, -0.05) is 62.8 Å². The third-order valence-electron chi connectivity index (χ3n) is 2.58. The number of unbranched alkanes of at least 4 members (excludes halogenated alkanes) is 2. The second kappa shape index (κ2) is 6.69. The van der Waals surface area contributed by atoms with Crippen molar-refractivity contribution in [3.05, 3.63) is 54.1 Å². The molecule has 0 aromatic heterocycles. The Morgan fingerprint density at radius 3 is 2.53 bits per heavy atom. The number of hydrogen-bond acceptors (Lipinski definition) is 1. The van der Waals surface area contributed by atoms with Crippen LogP contribution in [0.5, 0.6) is 0 Å². The lowest BCUT2D eigenvalue weighted by Crippen LogP contribution is -2.02. The number of benzene rings is 1. The van der Waals surface area contributed by atoms with Crippen LogP contribution in [0.3, 0.4) is 0 Å². The highest BCUT2D eigenvalue weighted by atomic mass is 16.4. The van der Waals surface area contributed by atoms with Gasteiger partial charge in [-0.25, -0.2) is 4.79 Å². The minimum Gasteiger partial charge on any atom is -0.478 e. The molecule has 0 saturated heterocycles. The molecule has 0 aliphatic rings. The second-order valence-corrected chi connectivity index (χ2v) is 3.91. The number of carboxylic acid groups (broad SMARTS) is 1. The molecule has 1 aromatic rings. The van der Waals surface area contributed by atoms with Gasteiger partial charge in [-0.3, -0.25) is 0 Å². The number of rotatable bonds is 6. The molecular weight excluding hydrogens is 212 g/mol. The van der Waals surface area contributed by atoms with Gasteiger partial charge >= 0.3 is 5.97 Å². The Morgan fingerprint density at radius 2 is 2.00 bits per heavy atom. The van der Waals surface area contributed by atoms with Crippen molar-refractivity contribution >= 4 is 11.5 Å². The van der Waals surface area contributed by atoms with Crippen LogP contribution in [0.1, 0.15) is 31.7 Å². The first kappa shape index (κ1) is 13.2. The first-order valence-electron chi connectivity index (χ1n) is 5.85. The molecule has 0 radical (unpaired) electrons. The Balaban J connectivity index is 2.89. The minimum absolute atomic E-state index is 0.310. The van der Waals surface area contributed by atoms with E-state index in [-0.39, 0.29) is 0 Å². The molecule has 2 heteroatoms. The van der Waals surface area contributed by atoms with Gasteiger partial charge in [0.25, 0.3) is 0 Å². The fraction of sp³-hybridized carbons (Fsp3) is 0.267. The predicted molar refractivity (Wildman–Crippen MR) is 70.7 cm³/mol. The standard InChI is InChI=1S/C15H18O2/c1-3-4-6-11-14(15(16)17)12(2)13-9-7-5-8-10-13/h5,7-11H,2-4,6H2,1H3,(H,16,17)/b14-11+. The van der Waals surface area contributed by atoms with Crippen molar-refractivity contribution in [3.8, 4) is 0 Å². The van der Waals surface area contributed by atoms with Gasteiger partial charge in [-0.05, 0) is 17.6 Å². The smallest absolute Gasteiger partial charge is 0.335 e. The molecule has 0 spiro atoms. The molecular formula is C15H18O2. The third-order valence-corrected chi connectivity index (χ3v) is 2.58. The van der Waals surface area contributed by atoms with Gasteiger partial charge in [0.1, 0.15) is 0 Å². The summed E-state index contributed by atoms with van der Waals surface area (Å²) in [6, 6.07) is 9.41. The van der Waals surface area contributed by atoms with E-state index in [9.17, 15) is 9.90 Å². The van der Waals surface area contributed by atoms with E-state index in [4.69, 9.17) is 0 Å². The van der Waals surface area contributed by atoms with Crippen molar-refractivity contribution in [3.63, 3.8) is 0 Å². The number of carbonyl (C=O) groups is 1. The van der Waals surface area contributed by atoms with Crippen LogP contribution in [0.15, 0.2) is 48.6 Å². The van der Waals surface area contributed by atoms with Gasteiger partial charge in [0.15, 0.2) is 0 Å². The number of allylic oxidation sites excluding steroid dienone is 1. The SMILES string of the molecule is C=C(/C(=C\CCCC)C(=O)O)c1ccccc1. The van der Waals surface area contributed by atoms with Gasteiger partial charge < -0.3 is 5.11 Å². The maximum absolute atomic E-state index is 11.2. The van der Waals surface area contributed by atoms with Crippen molar-refractivity contribution in [2.75, 3.05) is 0 Å². The molecule has 0 unspecified atom stereocenters. The molecule has 1 N–H and O–H groups in total. The fourth-order valence-electron chi connectivity index (χ4n) is 1.58. The minimum atomic E-state index is -0.907. The van der Waals surface area contributed by atoms with Gasteiger partial charge in [-0.15, -0.1) is 0 Å². The summed E-state index contributed by atoms with van der Waals surface area (Å²) in [6.07, 6.45) is 4.60. The van der Waals surface area contributed by atoms with Crippen LogP contribution < -0.4 is 0 Å². The highest BCUT2D eigenvalue weighted by molar-refractivity contribution is 6.04. The maximum atomic E-state index is 11.2. The van der Waals surface area contributed by atoms with E-state index < -0.39 is 5.97 Å². The molecule has 2 nitrogen and oxygen atoms in total. The van der Waals surface area contributed by atoms with E-state index in [0.29, 0.717) is 11.1 Å². The molecule has 0 aliphatic carbocycles. The summed E-state index contributed by atoms with van der Waals surface area (Å²) >= 11 is 0. The van der Waals surface area contributed by atoms with E-state index in [1.165, 1.54) is 0 Å². The molecule has 17 heavy (non-hydrogen) atoms. The molecule has 0 saturated carbocycles. The summed E-state index contributed by atoms with van der Waals surface area (Å²) in [5.74, 6) is -0.907. The lowest BCUT2D eigenvalue weighted by molar-refractivity contribution is -0.132. The highest BCUT2D eigenvalue weighted by Crippen LogP contribution is 2.21. The monoisotopic (exact) mass is 230 g/mol. The van der Waals surface area contributed by atoms with Crippen LogP contribution in [-0.4, -0.2) is 11.1 Å². The lowest BCUT2D eigenvalue weighted by Gasteiger charge is -2.07. The summed E-state index contributed by atoms with van der Waals surface area (Å²) in [7, 11) is 0. The zero-order chi connectivity index (χ0) is 12.7. The largest absolute Gasteiger partial charge is 0.478 e. The number of aliphatic carboxylic acids is 1. The average molecular weight is 230 g/mol. The van der Waals surface area contributed by atoms with Crippen molar-refractivity contribution < 1.29 is 9.90 Å². The van der Waals surface area contributed by atoms with Crippen molar-refractivity contribution in [2.45, 2.75) is 26.2 Å². The normalized spacial score (nSPS) is 11.2. The molecule has 0 bridgehead atoms. The molecule has 90 valence electrons. The van der Waals surface area contributed by atoms with Gasteiger partial charge in [0.2, 0.25) is 0 Å². The van der Waals surface area contributed by atoms with E-state index in [0.717, 1.165) is 24.8 Å². The summed E-state index contributed by atoms with van der Waals surface area (Å²) < 4.78 is 0. The lowest BCUT2D eigenvalue weighted by atomic mass is 9.98. The first-order chi connectivity index (χ1) is 8.16. The first-order valence-corrected chi connectivity index (χ1v) is 5.85. The third kappa shape index (κ3) is 3.91. The predicted octanol–water partition coefficient (Wildman–Crippen LogP) is 3.90. The van der Waals surface area contributed by atoms with Gasteiger partial charge in [0, 0.05) is 0 Å². The van der Waals surface area contributed by atoms with E-state index >= 15 is 0 Å². The van der Waals surface area contributed by atoms with Crippen LogP contribution in [0.2, 0.25) is 0 Å². The van der Waals surface area contributed by atoms with E-state index in [2.05, 4.69) is 13.5 Å². The molecule has 0 atom stereocenters. The molecule has 1 aromatic carbocycles. The zero-order valence-corrected chi connectivity index (χ0v) is 10.1. The van der Waals surface area contributed by atoms with Crippen molar-refractivity contribution in [1.82, 2.24) is 0 Å². The Bertz CT molecular complexity index is 416. The number of carboxylic acids is 1. The van der Waals surface area contributed by atoms with Crippen molar-refractivity contribution in [2.24, 2.45) is 0 Å². The molecule has 0 fully saturated rings. The molecule has 0 aliphatic heterocycles. The molecule has 0 heterocycles. The number of hydrogen-bond donors (Lipinski definition) is 1. The summed E-state index contributed by atoms with van der Waals surface area (Å²) in [6.45, 7) is 5.96. The Hall–Kier alpha value is -1.83. The highest BCUT2D eigenvalue weighted by Gasteiger charge is 2.12. The Morgan fingerprint density at radius 1 is 1.35 bits per heavy atom. The summed E-state index contributed by atoms with van der Waals surface area (Å²) in [5.41, 5.74) is 1.75. The van der Waals surface area contributed by atoms with Crippen molar-refractivity contribution in [1.29, 1.82) is 0 Å². The molecule has 0 amide bonds. The fourth-order valence-corrected chi connectivity index (χ4v) is 1.58. The van der Waals surface area contributed by atoms with Crippen LogP contribution >= 0.6 is 0 Å². The zero-order valence-electron chi connectivity index (χ0n) is 10.1. The van der Waals surface area contributed by atoms with E-state index in [1.807, 2.05) is 30.3 Å². The quantitative estimate of drug-likeness (QED) is 0.457. The van der Waals surface area contributed by atoms with Crippen LogP contribution in [0.4, 0.5) is 0 Å². The van der Waals surface area contributed by atoms with Crippen LogP contribution in [0.25, 0.3) is 5.57 Å².